The van der Waals surface area contributed by atoms with E-state index in [0.29, 0.717) is 17.9 Å². The molecule has 0 aliphatic rings. The number of aromatic amines is 1. The minimum atomic E-state index is -4.47. The topological polar surface area (TPSA) is 104 Å². The third kappa shape index (κ3) is 3.42. The Morgan fingerprint density at radius 3 is 2.58 bits per heavy atom. The fourth-order valence-electron chi connectivity index (χ4n) is 2.32. The van der Waals surface area contributed by atoms with Gasteiger partial charge in [0.25, 0.3) is 0 Å². The molecule has 1 N–H and O–H groups in total. The van der Waals surface area contributed by atoms with E-state index in [1.54, 1.807) is 0 Å². The number of pyridine rings is 1. The first-order valence-corrected chi connectivity index (χ1v) is 7.64. The van der Waals surface area contributed by atoms with Crippen LogP contribution in [0.2, 0.25) is 0 Å². The number of alkyl halides is 3. The van der Waals surface area contributed by atoms with Crippen molar-refractivity contribution in [2.45, 2.75) is 26.4 Å². The summed E-state index contributed by atoms with van der Waals surface area (Å²) >= 11 is 0. The number of oxazole rings is 1. The quantitative estimate of drug-likeness (QED) is 0.760. The Hall–Kier alpha value is -3.22. The second kappa shape index (κ2) is 6.59. The van der Waals surface area contributed by atoms with Crippen LogP contribution in [0.15, 0.2) is 22.7 Å². The van der Waals surface area contributed by atoms with Crippen molar-refractivity contribution in [3.05, 3.63) is 35.3 Å². The summed E-state index contributed by atoms with van der Waals surface area (Å²) in [5.41, 5.74) is -0.115. The van der Waals surface area contributed by atoms with Crippen LogP contribution in [-0.4, -0.2) is 25.4 Å². The summed E-state index contributed by atoms with van der Waals surface area (Å²) < 4.78 is 43.7. The predicted octanol–water partition coefficient (Wildman–Crippen LogP) is 3.61. The number of rotatable bonds is 4. The Morgan fingerprint density at radius 2 is 2.00 bits per heavy atom. The van der Waals surface area contributed by atoms with Crippen molar-refractivity contribution >= 4 is 0 Å². The molecule has 0 aliphatic carbocycles. The first-order chi connectivity index (χ1) is 12.3. The molecule has 0 atom stereocenters. The Bertz CT molecular complexity index is 950. The molecule has 3 aromatic rings. The number of nitrogens with one attached hydrogen (secondary N) is 1. The van der Waals surface area contributed by atoms with Crippen LogP contribution in [0, 0.1) is 17.2 Å². The van der Waals surface area contributed by atoms with Crippen LogP contribution >= 0.6 is 0 Å². The highest BCUT2D eigenvalue weighted by Gasteiger charge is 2.31. The van der Waals surface area contributed by atoms with Gasteiger partial charge in [0.05, 0.1) is 5.56 Å². The Morgan fingerprint density at radius 1 is 1.23 bits per heavy atom. The van der Waals surface area contributed by atoms with Crippen LogP contribution in [0.1, 0.15) is 30.9 Å². The molecule has 7 nitrogen and oxygen atoms in total. The van der Waals surface area contributed by atoms with Gasteiger partial charge in [-0.15, -0.1) is 5.10 Å². The number of nitrogens with zero attached hydrogens (tertiary/aromatic N) is 5. The van der Waals surface area contributed by atoms with Crippen molar-refractivity contribution in [3.8, 4) is 29.0 Å². The minimum Gasteiger partial charge on any atom is -0.439 e. The highest BCUT2D eigenvalue weighted by atomic mass is 19.4. The van der Waals surface area contributed by atoms with Crippen LogP contribution < -0.4 is 0 Å². The lowest BCUT2D eigenvalue weighted by atomic mass is 10.1. The van der Waals surface area contributed by atoms with Crippen LogP contribution in [0.4, 0.5) is 13.2 Å². The molecule has 0 aromatic carbocycles. The van der Waals surface area contributed by atoms with Gasteiger partial charge in [-0.05, 0) is 18.1 Å². The molecule has 0 fully saturated rings. The number of aromatic nitrogens is 5. The van der Waals surface area contributed by atoms with E-state index >= 15 is 0 Å². The first-order valence-electron chi connectivity index (χ1n) is 7.64. The normalized spacial score (nSPS) is 11.7. The third-order valence-electron chi connectivity index (χ3n) is 3.48. The van der Waals surface area contributed by atoms with Gasteiger partial charge in [0.2, 0.25) is 5.89 Å². The molecule has 0 amide bonds. The number of hydrogen-bond acceptors (Lipinski definition) is 6. The average Bonchev–Trinajstić information content (AvgIpc) is 3.19. The zero-order valence-corrected chi connectivity index (χ0v) is 13.8. The first kappa shape index (κ1) is 17.6. The third-order valence-corrected chi connectivity index (χ3v) is 3.48. The van der Waals surface area contributed by atoms with E-state index in [9.17, 15) is 13.2 Å². The molecule has 0 saturated heterocycles. The Kier molecular flexibility index (Phi) is 4.46. The van der Waals surface area contributed by atoms with Crippen LogP contribution in [0.3, 0.4) is 0 Å². The zero-order valence-electron chi connectivity index (χ0n) is 13.8. The van der Waals surface area contributed by atoms with Gasteiger partial charge in [0.1, 0.15) is 23.2 Å². The maximum Gasteiger partial charge on any atom is 0.417 e. The Balaban J connectivity index is 2.05. The van der Waals surface area contributed by atoms with E-state index in [1.165, 1.54) is 6.07 Å². The van der Waals surface area contributed by atoms with Crippen LogP contribution in [0.5, 0.6) is 0 Å². The van der Waals surface area contributed by atoms with Crippen molar-refractivity contribution < 1.29 is 17.6 Å². The molecule has 3 rings (SSSR count). The lowest BCUT2D eigenvalue weighted by Crippen LogP contribution is -2.05. The summed E-state index contributed by atoms with van der Waals surface area (Å²) in [5, 5.41) is 19.1. The highest BCUT2D eigenvalue weighted by molar-refractivity contribution is 5.65. The fraction of sp³-hybridized carbons (Fsp3) is 0.312. The lowest BCUT2D eigenvalue weighted by molar-refractivity contribution is -0.137. The van der Waals surface area contributed by atoms with Crippen molar-refractivity contribution in [2.75, 3.05) is 0 Å². The number of halogens is 3. The van der Waals surface area contributed by atoms with Gasteiger partial charge in [-0.2, -0.15) is 28.7 Å². The molecule has 0 aliphatic heterocycles. The zero-order chi connectivity index (χ0) is 18.9. The highest BCUT2D eigenvalue weighted by Crippen LogP contribution is 2.32. The molecule has 134 valence electrons. The van der Waals surface area contributed by atoms with E-state index in [2.05, 4.69) is 25.4 Å². The monoisotopic (exact) mass is 362 g/mol. The maximum absolute atomic E-state index is 12.7. The van der Waals surface area contributed by atoms with Crippen LogP contribution in [0.25, 0.3) is 23.0 Å². The SMILES string of the molecule is CC(C)Cc1oc(-c2ccc(C(F)(F)F)cn2)nc1-c1n[nH]nc1C#N. The number of nitriles is 1. The molecule has 10 heteroatoms. The molecular weight excluding hydrogens is 349 g/mol. The molecule has 0 saturated carbocycles. The van der Waals surface area contributed by atoms with Crippen molar-refractivity contribution in [2.24, 2.45) is 5.92 Å². The molecule has 26 heavy (non-hydrogen) atoms. The summed E-state index contributed by atoms with van der Waals surface area (Å²) in [5.74, 6) is 0.728. The smallest absolute Gasteiger partial charge is 0.417 e. The minimum absolute atomic E-state index is 0.0511. The largest absolute Gasteiger partial charge is 0.439 e. The standard InChI is InChI=1S/C16H13F3N6O/c1-8(2)5-12-14(13-11(6-20)23-25-24-13)22-15(26-12)10-4-3-9(7-21-10)16(17,18)19/h3-4,7-8H,5H2,1-2H3,(H,23,24,25). The average molecular weight is 362 g/mol. The van der Waals surface area contributed by atoms with Crippen molar-refractivity contribution in [1.82, 2.24) is 25.4 Å². The number of H-pyrrole nitrogens is 1. The summed E-state index contributed by atoms with van der Waals surface area (Å²) in [6.07, 6.45) is -3.25. The second-order valence-corrected chi connectivity index (χ2v) is 5.95. The molecule has 0 unspecified atom stereocenters. The van der Waals surface area contributed by atoms with E-state index in [1.807, 2.05) is 19.9 Å². The summed E-state index contributed by atoms with van der Waals surface area (Å²) in [6, 6.07) is 3.99. The molecule has 0 bridgehead atoms. The molecular formula is C16H13F3N6O. The van der Waals surface area contributed by atoms with E-state index in [4.69, 9.17) is 9.68 Å². The van der Waals surface area contributed by atoms with Crippen molar-refractivity contribution in [1.29, 1.82) is 5.26 Å². The fourth-order valence-corrected chi connectivity index (χ4v) is 2.32. The second-order valence-electron chi connectivity index (χ2n) is 5.95. The van der Waals surface area contributed by atoms with Gasteiger partial charge in [0, 0.05) is 12.6 Å². The van der Waals surface area contributed by atoms with Gasteiger partial charge < -0.3 is 4.42 Å². The lowest BCUT2D eigenvalue weighted by Gasteiger charge is -2.05. The van der Waals surface area contributed by atoms with Gasteiger partial charge in [-0.3, -0.25) is 4.98 Å². The molecule has 0 radical (unpaired) electrons. The Labute approximate surface area is 145 Å². The van der Waals surface area contributed by atoms with Gasteiger partial charge in [0.15, 0.2) is 11.4 Å². The molecule has 3 heterocycles. The predicted molar refractivity (Wildman–Crippen MR) is 83.4 cm³/mol. The van der Waals surface area contributed by atoms with Gasteiger partial charge in [-0.25, -0.2) is 4.98 Å². The number of hydrogen-bond donors (Lipinski definition) is 1. The summed E-state index contributed by atoms with van der Waals surface area (Å²) in [6.45, 7) is 3.94. The van der Waals surface area contributed by atoms with E-state index in [0.717, 1.165) is 12.3 Å². The van der Waals surface area contributed by atoms with Crippen molar-refractivity contribution in [3.63, 3.8) is 0 Å². The van der Waals surface area contributed by atoms with Crippen LogP contribution in [-0.2, 0) is 12.6 Å². The van der Waals surface area contributed by atoms with Gasteiger partial charge >= 0.3 is 6.18 Å². The van der Waals surface area contributed by atoms with E-state index < -0.39 is 11.7 Å². The molecule has 3 aromatic heterocycles. The summed E-state index contributed by atoms with van der Waals surface area (Å²) in [4.78, 5) is 8.08. The van der Waals surface area contributed by atoms with E-state index in [-0.39, 0.29) is 28.9 Å². The maximum atomic E-state index is 12.7. The summed E-state index contributed by atoms with van der Waals surface area (Å²) in [7, 11) is 0. The molecule has 0 spiro atoms. The van der Waals surface area contributed by atoms with Gasteiger partial charge in [-0.1, -0.05) is 13.8 Å².